The molecule has 0 saturated heterocycles. The fraction of sp³-hybridized carbons (Fsp3) is 0.604. The van der Waals surface area contributed by atoms with Crippen molar-refractivity contribution in [2.75, 3.05) is 41.0 Å². The highest BCUT2D eigenvalue weighted by Gasteiger charge is 2.25. The number of carboxylic acids is 1. The third-order valence-electron chi connectivity index (χ3n) is 8.73. The number of ether oxygens (including phenoxy) is 3. The molecule has 0 aromatic heterocycles. The summed E-state index contributed by atoms with van der Waals surface area (Å²) in [5, 5.41) is 11.6. The lowest BCUT2D eigenvalue weighted by atomic mass is 10.1. The molecular formula is C48H77NO7. The van der Waals surface area contributed by atoms with Crippen LogP contribution in [0.2, 0.25) is 0 Å². The highest BCUT2D eigenvalue weighted by Crippen LogP contribution is 2.12. The summed E-state index contributed by atoms with van der Waals surface area (Å²) in [5.74, 6) is -1.87. The van der Waals surface area contributed by atoms with Crippen LogP contribution in [0.5, 0.6) is 0 Å². The molecule has 8 heteroatoms. The standard InChI is InChI=1S/C48H77NO7/c1-6-8-10-12-14-16-18-20-21-22-23-24-25-27-29-31-33-35-37-39-47(51)56-44(42-54-41-40-45(48(52)53)49(3,4)5)43-55-46(50)38-36-34-32-30-28-26-19-17-15-13-11-9-7-2/h8-11,14-17,20-21,23-24,26,28,32,34,44-45H,6-7,12-13,18-19,22,25,27,29-31,33,35-43H2,1-5H3/b10-8-,11-9-,16-14-,17-15-,21-20-,24-23-,28-26-,34-32-. The van der Waals surface area contributed by atoms with Crippen LogP contribution in [-0.4, -0.2) is 75.5 Å². The Kier molecular flexibility index (Phi) is 35.6. The summed E-state index contributed by atoms with van der Waals surface area (Å²) in [6, 6.07) is -0.744. The molecule has 56 heavy (non-hydrogen) atoms. The topological polar surface area (TPSA) is 102 Å². The van der Waals surface area contributed by atoms with E-state index < -0.39 is 18.1 Å². The Hall–Kier alpha value is -3.75. The number of hydrogen-bond donors (Lipinski definition) is 0. The third-order valence-corrected chi connectivity index (χ3v) is 8.73. The largest absolute Gasteiger partial charge is 0.544 e. The number of aliphatic carboxylic acids is 1. The van der Waals surface area contributed by atoms with Gasteiger partial charge in [0.1, 0.15) is 12.6 Å². The van der Waals surface area contributed by atoms with E-state index in [2.05, 4.69) is 98.9 Å². The van der Waals surface area contributed by atoms with Gasteiger partial charge in [-0.15, -0.1) is 0 Å². The monoisotopic (exact) mass is 780 g/mol. The van der Waals surface area contributed by atoms with Gasteiger partial charge >= 0.3 is 11.9 Å². The first-order valence-corrected chi connectivity index (χ1v) is 21.3. The molecular weight excluding hydrogens is 703 g/mol. The lowest BCUT2D eigenvalue weighted by Crippen LogP contribution is -2.55. The maximum Gasteiger partial charge on any atom is 0.306 e. The second-order valence-corrected chi connectivity index (χ2v) is 14.8. The number of rotatable bonds is 36. The van der Waals surface area contributed by atoms with Crippen molar-refractivity contribution >= 4 is 17.9 Å². The molecule has 0 amide bonds. The molecule has 316 valence electrons. The summed E-state index contributed by atoms with van der Waals surface area (Å²) in [6.07, 6.45) is 50.2. The van der Waals surface area contributed by atoms with Gasteiger partial charge in [-0.1, -0.05) is 137 Å². The molecule has 0 aliphatic carbocycles. The molecule has 0 aromatic carbocycles. The van der Waals surface area contributed by atoms with Gasteiger partial charge in [-0.05, 0) is 77.0 Å². The molecule has 2 atom stereocenters. The average molecular weight is 780 g/mol. The lowest BCUT2D eigenvalue weighted by molar-refractivity contribution is -0.889. The van der Waals surface area contributed by atoms with E-state index in [-0.39, 0.29) is 55.5 Å². The smallest absolute Gasteiger partial charge is 0.306 e. The molecule has 2 unspecified atom stereocenters. The van der Waals surface area contributed by atoms with Crippen molar-refractivity contribution in [2.45, 2.75) is 148 Å². The number of likely N-dealkylation sites (N-methyl/N-ethyl adjacent to an activating group) is 1. The van der Waals surface area contributed by atoms with Crippen molar-refractivity contribution in [1.82, 2.24) is 0 Å². The summed E-state index contributed by atoms with van der Waals surface area (Å²) in [7, 11) is 5.36. The first-order chi connectivity index (χ1) is 27.1. The zero-order valence-corrected chi connectivity index (χ0v) is 35.8. The van der Waals surface area contributed by atoms with Crippen LogP contribution in [0.15, 0.2) is 97.2 Å². The van der Waals surface area contributed by atoms with E-state index in [1.54, 1.807) is 21.1 Å². The van der Waals surface area contributed by atoms with Crippen molar-refractivity contribution in [3.05, 3.63) is 97.2 Å². The highest BCUT2D eigenvalue weighted by molar-refractivity contribution is 5.70. The number of unbranched alkanes of at least 4 members (excludes halogenated alkanes) is 6. The molecule has 0 heterocycles. The van der Waals surface area contributed by atoms with Crippen LogP contribution >= 0.6 is 0 Å². The number of nitrogens with zero attached hydrogens (tertiary/aromatic N) is 1. The second kappa shape index (κ2) is 38.1. The SMILES string of the molecule is CC/C=C\C/C=C\C/C=C\C/C=C\CCCCCCCCC(=O)OC(COCCC(C(=O)[O-])[N+](C)(C)C)COC(=O)CC/C=C\C/C=C\C/C=C\C/C=C\CC. The summed E-state index contributed by atoms with van der Waals surface area (Å²) < 4.78 is 17.0. The molecule has 0 spiro atoms. The van der Waals surface area contributed by atoms with E-state index >= 15 is 0 Å². The molecule has 0 rings (SSSR count). The minimum Gasteiger partial charge on any atom is -0.544 e. The van der Waals surface area contributed by atoms with Gasteiger partial charge in [0.05, 0.1) is 40.3 Å². The Morgan fingerprint density at radius 2 is 0.982 bits per heavy atom. The minimum absolute atomic E-state index is 0.00603. The van der Waals surface area contributed by atoms with Crippen LogP contribution in [0.1, 0.15) is 136 Å². The van der Waals surface area contributed by atoms with Gasteiger partial charge in [-0.2, -0.15) is 0 Å². The van der Waals surface area contributed by atoms with Crippen LogP contribution in [0, 0.1) is 0 Å². The maximum absolute atomic E-state index is 12.7. The average Bonchev–Trinajstić information content (AvgIpc) is 3.15. The predicted octanol–water partition coefficient (Wildman–Crippen LogP) is 10.2. The second-order valence-electron chi connectivity index (χ2n) is 14.8. The molecule has 0 aliphatic rings. The van der Waals surface area contributed by atoms with E-state index in [0.717, 1.165) is 83.5 Å². The van der Waals surface area contributed by atoms with Crippen molar-refractivity contribution in [3.8, 4) is 0 Å². The van der Waals surface area contributed by atoms with E-state index in [4.69, 9.17) is 14.2 Å². The van der Waals surface area contributed by atoms with Crippen LogP contribution in [0.4, 0.5) is 0 Å². The van der Waals surface area contributed by atoms with Crippen molar-refractivity contribution in [3.63, 3.8) is 0 Å². The van der Waals surface area contributed by atoms with E-state index in [1.165, 1.54) is 12.8 Å². The Bertz CT molecular complexity index is 1230. The highest BCUT2D eigenvalue weighted by atomic mass is 16.6. The summed E-state index contributed by atoms with van der Waals surface area (Å²) in [4.78, 5) is 36.8. The minimum atomic E-state index is -1.14. The van der Waals surface area contributed by atoms with E-state index in [9.17, 15) is 19.5 Å². The quantitative estimate of drug-likeness (QED) is 0.0270. The maximum atomic E-state index is 12.7. The normalized spacial score (nSPS) is 13.9. The van der Waals surface area contributed by atoms with Crippen molar-refractivity contribution in [1.29, 1.82) is 0 Å². The zero-order valence-electron chi connectivity index (χ0n) is 35.8. The number of quaternary nitrogens is 1. The molecule has 0 aliphatic heterocycles. The summed E-state index contributed by atoms with van der Waals surface area (Å²) in [6.45, 7) is 4.31. The predicted molar refractivity (Wildman–Crippen MR) is 231 cm³/mol. The Morgan fingerprint density at radius 1 is 0.536 bits per heavy atom. The summed E-state index contributed by atoms with van der Waals surface area (Å²) in [5.41, 5.74) is 0. The van der Waals surface area contributed by atoms with Crippen LogP contribution < -0.4 is 5.11 Å². The number of carbonyl (C=O) groups is 3. The first-order valence-electron chi connectivity index (χ1n) is 21.3. The molecule has 0 aromatic rings. The fourth-order valence-electron chi connectivity index (χ4n) is 5.49. The van der Waals surface area contributed by atoms with Gasteiger partial charge in [0.2, 0.25) is 0 Å². The summed E-state index contributed by atoms with van der Waals surface area (Å²) >= 11 is 0. The van der Waals surface area contributed by atoms with Gasteiger partial charge in [-0.25, -0.2) is 0 Å². The molecule has 0 bridgehead atoms. The van der Waals surface area contributed by atoms with Gasteiger partial charge < -0.3 is 28.6 Å². The van der Waals surface area contributed by atoms with Crippen LogP contribution in [0.3, 0.4) is 0 Å². The Labute approximate surface area is 341 Å². The number of allylic oxidation sites excluding steroid dienone is 16. The molecule has 8 nitrogen and oxygen atoms in total. The van der Waals surface area contributed by atoms with Crippen molar-refractivity contribution in [2.24, 2.45) is 0 Å². The Morgan fingerprint density at radius 3 is 1.46 bits per heavy atom. The number of carbonyl (C=O) groups excluding carboxylic acids is 3. The van der Waals surface area contributed by atoms with Gasteiger partial charge in [-0.3, -0.25) is 9.59 Å². The molecule has 0 radical (unpaired) electrons. The van der Waals surface area contributed by atoms with Gasteiger partial charge in [0.15, 0.2) is 6.10 Å². The molecule has 0 N–H and O–H groups in total. The Balaban J connectivity index is 4.48. The zero-order chi connectivity index (χ0) is 41.4. The molecule has 0 saturated carbocycles. The van der Waals surface area contributed by atoms with E-state index in [1.807, 2.05) is 12.2 Å². The van der Waals surface area contributed by atoms with Crippen LogP contribution in [-0.2, 0) is 28.6 Å². The van der Waals surface area contributed by atoms with E-state index in [0.29, 0.717) is 6.42 Å². The third kappa shape index (κ3) is 35.9. The number of carboxylic acid groups (broad SMARTS) is 1. The first kappa shape index (κ1) is 52.2. The fourth-order valence-corrected chi connectivity index (χ4v) is 5.49. The number of esters is 2. The number of hydrogen-bond acceptors (Lipinski definition) is 7. The lowest BCUT2D eigenvalue weighted by Gasteiger charge is -2.34. The van der Waals surface area contributed by atoms with Crippen LogP contribution in [0.25, 0.3) is 0 Å². The van der Waals surface area contributed by atoms with Crippen molar-refractivity contribution < 1.29 is 38.2 Å². The van der Waals surface area contributed by atoms with Gasteiger partial charge in [0.25, 0.3) is 0 Å². The molecule has 0 fully saturated rings. The van der Waals surface area contributed by atoms with Gasteiger partial charge in [0, 0.05) is 19.3 Å².